The number of benzene rings is 2. The number of carbonyl (C=O) groups is 3. The van der Waals surface area contributed by atoms with Crippen molar-refractivity contribution in [1.29, 1.82) is 0 Å². The molecular formula is C23H29Cl2FN4O5. The number of hydrogen-bond donors (Lipinski definition) is 6. The summed E-state index contributed by atoms with van der Waals surface area (Å²) in [6.45, 7) is 0.257. The summed E-state index contributed by atoms with van der Waals surface area (Å²) in [4.78, 5) is 37.4. The number of phenolic OH excluding ortho intramolecular Hbond substituents is 1. The van der Waals surface area contributed by atoms with E-state index in [1.807, 2.05) is 0 Å². The molecule has 12 heteroatoms. The first kappa shape index (κ1) is 30.1. The van der Waals surface area contributed by atoms with Gasteiger partial charge >= 0.3 is 5.97 Å². The van der Waals surface area contributed by atoms with E-state index in [-0.39, 0.29) is 61.9 Å². The highest BCUT2D eigenvalue weighted by molar-refractivity contribution is 5.92. The predicted molar refractivity (Wildman–Crippen MR) is 133 cm³/mol. The maximum Gasteiger partial charge on any atom is 0.326 e. The fraction of sp³-hybridized carbons (Fsp3) is 0.348. The maximum atomic E-state index is 14.5. The lowest BCUT2D eigenvalue weighted by atomic mass is 9.96. The van der Waals surface area contributed by atoms with Crippen LogP contribution in [0.3, 0.4) is 0 Å². The molecule has 4 bridgehead atoms. The fourth-order valence-electron chi connectivity index (χ4n) is 3.73. The molecule has 2 amide bonds. The standard InChI is InChI=1S/C23H27FN4O5.2ClH/c24-16-5-3-12-8-14(16)11-19(23(32)33)28-22(31)18(2-1-7-25)27-21(30)17(26)10-15-9-13(12)4-6-20(15)29;;/h3-6,8-9,17-19,29H,1-2,7,10-11,25-26H2,(H,27,30)(H,28,31)(H,32,33);2*1H/t17-,18-,19-;;/m0../s1. The van der Waals surface area contributed by atoms with Gasteiger partial charge in [-0.3, -0.25) is 9.59 Å². The molecule has 2 aromatic carbocycles. The summed E-state index contributed by atoms with van der Waals surface area (Å²) in [7, 11) is 0. The molecule has 0 aromatic heterocycles. The highest BCUT2D eigenvalue weighted by atomic mass is 35.5. The zero-order valence-electron chi connectivity index (χ0n) is 18.7. The summed E-state index contributed by atoms with van der Waals surface area (Å²) in [6, 6.07) is 5.39. The lowest BCUT2D eigenvalue weighted by Crippen LogP contribution is -2.55. The van der Waals surface area contributed by atoms with Crippen LogP contribution in [0.2, 0.25) is 0 Å². The Bertz CT molecular complexity index is 1070. The molecule has 3 atom stereocenters. The molecule has 2 aromatic rings. The van der Waals surface area contributed by atoms with Gasteiger partial charge < -0.3 is 32.3 Å². The Hall–Kier alpha value is -2.92. The number of aromatic hydroxyl groups is 1. The van der Waals surface area contributed by atoms with Crippen LogP contribution in [0.1, 0.15) is 24.0 Å². The number of nitrogens with one attached hydrogen (secondary N) is 2. The van der Waals surface area contributed by atoms with Crippen LogP contribution < -0.4 is 22.1 Å². The third-order valence-electron chi connectivity index (χ3n) is 5.60. The van der Waals surface area contributed by atoms with Crippen LogP contribution in [-0.4, -0.2) is 52.7 Å². The third kappa shape index (κ3) is 7.53. The van der Waals surface area contributed by atoms with Crippen LogP contribution in [0.25, 0.3) is 11.1 Å². The zero-order chi connectivity index (χ0) is 24.1. The van der Waals surface area contributed by atoms with Crippen molar-refractivity contribution >= 4 is 42.6 Å². The van der Waals surface area contributed by atoms with Gasteiger partial charge in [-0.2, -0.15) is 0 Å². The Morgan fingerprint density at radius 2 is 1.63 bits per heavy atom. The van der Waals surface area contributed by atoms with Crippen LogP contribution in [0.5, 0.6) is 5.75 Å². The molecular weight excluding hydrogens is 502 g/mol. The van der Waals surface area contributed by atoms with Gasteiger partial charge in [-0.15, -0.1) is 24.8 Å². The number of halogens is 3. The van der Waals surface area contributed by atoms with E-state index < -0.39 is 41.7 Å². The van der Waals surface area contributed by atoms with E-state index >= 15 is 0 Å². The number of hydrogen-bond acceptors (Lipinski definition) is 6. The number of phenols is 1. The Kier molecular flexibility index (Phi) is 11.4. The van der Waals surface area contributed by atoms with Crippen LogP contribution in [0.15, 0.2) is 36.4 Å². The van der Waals surface area contributed by atoms with Gasteiger partial charge in [-0.25, -0.2) is 9.18 Å². The van der Waals surface area contributed by atoms with Crippen LogP contribution in [0, 0.1) is 5.82 Å². The quantitative estimate of drug-likeness (QED) is 0.345. The Morgan fingerprint density at radius 3 is 2.26 bits per heavy atom. The van der Waals surface area contributed by atoms with Crippen LogP contribution in [0.4, 0.5) is 4.39 Å². The molecule has 0 spiro atoms. The van der Waals surface area contributed by atoms with Crippen molar-refractivity contribution in [3.05, 3.63) is 53.3 Å². The minimum atomic E-state index is -1.42. The molecule has 0 fully saturated rings. The van der Waals surface area contributed by atoms with Crippen molar-refractivity contribution < 1.29 is 29.0 Å². The minimum absolute atomic E-state index is 0. The average Bonchev–Trinajstić information content (AvgIpc) is 2.78. The molecule has 35 heavy (non-hydrogen) atoms. The summed E-state index contributed by atoms with van der Waals surface area (Å²) in [5.74, 6) is -3.38. The fourth-order valence-corrected chi connectivity index (χ4v) is 3.73. The smallest absolute Gasteiger partial charge is 0.326 e. The first-order chi connectivity index (χ1) is 15.7. The van der Waals surface area contributed by atoms with Crippen molar-refractivity contribution in [2.75, 3.05) is 6.54 Å². The minimum Gasteiger partial charge on any atom is -0.508 e. The van der Waals surface area contributed by atoms with E-state index in [2.05, 4.69) is 10.6 Å². The zero-order valence-corrected chi connectivity index (χ0v) is 20.3. The lowest BCUT2D eigenvalue weighted by Gasteiger charge is -2.23. The molecule has 9 nitrogen and oxygen atoms in total. The molecule has 0 unspecified atom stereocenters. The van der Waals surface area contributed by atoms with Gasteiger partial charge in [0.05, 0.1) is 6.04 Å². The van der Waals surface area contributed by atoms with Gasteiger partial charge in [0.2, 0.25) is 11.8 Å². The maximum absolute atomic E-state index is 14.5. The molecule has 8 N–H and O–H groups in total. The van der Waals surface area contributed by atoms with Gasteiger partial charge in [0, 0.05) is 12.8 Å². The highest BCUT2D eigenvalue weighted by Gasteiger charge is 2.29. The first-order valence-corrected chi connectivity index (χ1v) is 10.6. The third-order valence-corrected chi connectivity index (χ3v) is 5.60. The van der Waals surface area contributed by atoms with Crippen molar-refractivity contribution in [3.8, 4) is 16.9 Å². The predicted octanol–water partition coefficient (Wildman–Crippen LogP) is 1.26. The summed E-state index contributed by atoms with van der Waals surface area (Å²) >= 11 is 0. The molecule has 1 aliphatic rings. The molecule has 3 rings (SSSR count). The Labute approximate surface area is 214 Å². The first-order valence-electron chi connectivity index (χ1n) is 10.6. The number of aliphatic carboxylic acids is 1. The number of carboxylic acids is 1. The molecule has 0 aliphatic carbocycles. The Balaban J connectivity index is 0.00000306. The largest absolute Gasteiger partial charge is 0.508 e. The van der Waals surface area contributed by atoms with Crippen molar-refractivity contribution in [1.82, 2.24) is 10.6 Å². The highest BCUT2D eigenvalue weighted by Crippen LogP contribution is 2.28. The van der Waals surface area contributed by atoms with Gasteiger partial charge in [-0.05, 0) is 65.9 Å². The summed E-state index contributed by atoms with van der Waals surface area (Å²) in [6.07, 6.45) is 0.244. The molecule has 1 heterocycles. The number of nitrogens with two attached hydrogens (primary N) is 2. The average molecular weight is 531 g/mol. The van der Waals surface area contributed by atoms with Crippen molar-refractivity contribution in [2.24, 2.45) is 11.5 Å². The lowest BCUT2D eigenvalue weighted by molar-refractivity contribution is -0.142. The second kappa shape index (κ2) is 13.2. The monoisotopic (exact) mass is 530 g/mol. The van der Waals surface area contributed by atoms with E-state index in [0.717, 1.165) is 0 Å². The number of carbonyl (C=O) groups excluding carboxylic acids is 2. The molecule has 0 radical (unpaired) electrons. The second-order valence-corrected chi connectivity index (χ2v) is 8.06. The van der Waals surface area contributed by atoms with Crippen molar-refractivity contribution in [2.45, 2.75) is 43.8 Å². The molecule has 0 saturated heterocycles. The van der Waals surface area contributed by atoms with Gasteiger partial charge in [0.15, 0.2) is 0 Å². The number of carboxylic acid groups (broad SMARTS) is 1. The number of amides is 2. The summed E-state index contributed by atoms with van der Waals surface area (Å²) < 4.78 is 14.5. The molecule has 1 aliphatic heterocycles. The van der Waals surface area contributed by atoms with Gasteiger partial charge in [0.25, 0.3) is 0 Å². The molecule has 0 saturated carbocycles. The topological polar surface area (TPSA) is 168 Å². The summed E-state index contributed by atoms with van der Waals surface area (Å²) in [5, 5.41) is 24.8. The summed E-state index contributed by atoms with van der Waals surface area (Å²) in [5.41, 5.74) is 13.3. The van der Waals surface area contributed by atoms with Gasteiger partial charge in [-0.1, -0.05) is 12.1 Å². The number of fused-ring (bicyclic) bond motifs is 5. The Morgan fingerprint density at radius 1 is 1.00 bits per heavy atom. The number of rotatable bonds is 4. The van der Waals surface area contributed by atoms with Crippen LogP contribution >= 0.6 is 24.8 Å². The van der Waals surface area contributed by atoms with E-state index in [4.69, 9.17) is 11.5 Å². The van der Waals surface area contributed by atoms with E-state index in [9.17, 15) is 29.0 Å². The normalized spacial score (nSPS) is 20.1. The van der Waals surface area contributed by atoms with Gasteiger partial charge in [0.1, 0.15) is 23.7 Å². The molecule has 192 valence electrons. The van der Waals surface area contributed by atoms with E-state index in [1.165, 1.54) is 24.3 Å². The van der Waals surface area contributed by atoms with Crippen LogP contribution in [-0.2, 0) is 27.2 Å². The van der Waals surface area contributed by atoms with Crippen molar-refractivity contribution in [3.63, 3.8) is 0 Å². The second-order valence-electron chi connectivity index (χ2n) is 8.06. The van der Waals surface area contributed by atoms with E-state index in [1.54, 1.807) is 12.1 Å². The van der Waals surface area contributed by atoms with E-state index in [0.29, 0.717) is 23.1 Å². The SMILES string of the molecule is Cl.Cl.NCCC[C@@H]1NC(=O)[C@@H](N)Cc2cc(ccc2O)-c2ccc(F)c(c2)C[C@@H](C(=O)O)NC1=O.